The average molecular weight is 412 g/mol. The van der Waals surface area contributed by atoms with Crippen molar-refractivity contribution in [2.24, 2.45) is 5.41 Å². The zero-order valence-corrected chi connectivity index (χ0v) is 18.1. The fraction of sp³-hybridized carbons (Fsp3) is 0.652. The van der Waals surface area contributed by atoms with Crippen molar-refractivity contribution >= 4 is 23.2 Å². The van der Waals surface area contributed by atoms with Crippen molar-refractivity contribution in [3.8, 4) is 0 Å². The quantitative estimate of drug-likeness (QED) is 0.643. The Morgan fingerprint density at radius 1 is 1.23 bits per heavy atom. The minimum Gasteiger partial charge on any atom is -0.505 e. The zero-order valence-electron chi connectivity index (χ0n) is 18.1. The molecular weight excluding hydrogens is 378 g/mol. The van der Waals surface area contributed by atoms with E-state index in [1.807, 2.05) is 6.92 Å². The van der Waals surface area contributed by atoms with Gasteiger partial charge in [0, 0.05) is 36.8 Å². The third-order valence-electron chi connectivity index (χ3n) is 6.95. The lowest BCUT2D eigenvalue weighted by molar-refractivity contribution is -0.128. The van der Waals surface area contributed by atoms with E-state index in [1.165, 1.54) is 0 Å². The molecule has 1 spiro atoms. The molecule has 1 aromatic heterocycles. The topological polar surface area (TPSA) is 102 Å². The van der Waals surface area contributed by atoms with Crippen LogP contribution in [0.5, 0.6) is 0 Å². The van der Waals surface area contributed by atoms with Crippen LogP contribution in [0.15, 0.2) is 11.6 Å². The van der Waals surface area contributed by atoms with Gasteiger partial charge in [0.15, 0.2) is 0 Å². The summed E-state index contributed by atoms with van der Waals surface area (Å²) in [7, 11) is 0. The first kappa shape index (κ1) is 21.0. The average Bonchev–Trinajstić information content (AvgIpc) is 2.95. The largest absolute Gasteiger partial charge is 0.505 e. The van der Waals surface area contributed by atoms with Gasteiger partial charge in [0.25, 0.3) is 0 Å². The smallest absolute Gasteiger partial charge is 0.226 e. The van der Waals surface area contributed by atoms with Gasteiger partial charge in [-0.05, 0) is 65.0 Å². The monoisotopic (exact) mass is 411 g/mol. The molecule has 3 fully saturated rings. The summed E-state index contributed by atoms with van der Waals surface area (Å²) in [5.74, 6) is 0.846. The minimum absolute atomic E-state index is 0.0461. The lowest BCUT2D eigenvalue weighted by Gasteiger charge is -2.40. The highest BCUT2D eigenvalue weighted by Crippen LogP contribution is 2.46. The number of aromatic nitrogens is 2. The van der Waals surface area contributed by atoms with Crippen molar-refractivity contribution in [3.05, 3.63) is 23.0 Å². The highest BCUT2D eigenvalue weighted by atomic mass is 16.3. The number of allylic oxidation sites excluding steroid dienone is 1. The summed E-state index contributed by atoms with van der Waals surface area (Å²) in [4.78, 5) is 24.3. The summed E-state index contributed by atoms with van der Waals surface area (Å²) in [6, 6.07) is 2.04. The lowest BCUT2D eigenvalue weighted by Crippen LogP contribution is -2.44. The van der Waals surface area contributed by atoms with Crippen LogP contribution in [0.2, 0.25) is 0 Å². The standard InChI is InChI=1S/C23H33N5O2/c1-15-13-18(27-22(26-15)28-12-6-11-25-14-16(28)2)20(30)17-7-5-10-23(21(17)24)9-4-3-8-19(23)29/h13,16,24-25,30H,3-12,14H2,1-2H3/b20-17-,24-21?/t16-,23+/m0/s1. The molecule has 3 N–H and O–H groups in total. The number of hydrogen-bond acceptors (Lipinski definition) is 7. The van der Waals surface area contributed by atoms with Gasteiger partial charge in [-0.3, -0.25) is 4.79 Å². The molecule has 7 nitrogen and oxygen atoms in total. The maximum Gasteiger partial charge on any atom is 0.226 e. The first-order chi connectivity index (χ1) is 14.4. The molecule has 0 amide bonds. The Morgan fingerprint density at radius 2 is 2.03 bits per heavy atom. The van der Waals surface area contributed by atoms with Gasteiger partial charge in [-0.2, -0.15) is 0 Å². The Balaban J connectivity index is 1.71. The number of carbonyl (C=O) groups excluding carboxylic acids is 1. The van der Waals surface area contributed by atoms with Crippen LogP contribution in [0.3, 0.4) is 0 Å². The van der Waals surface area contributed by atoms with E-state index in [1.54, 1.807) is 6.07 Å². The highest BCUT2D eigenvalue weighted by molar-refractivity contribution is 6.18. The van der Waals surface area contributed by atoms with Gasteiger partial charge in [0.2, 0.25) is 5.95 Å². The number of rotatable bonds is 2. The number of Topliss-reactive ketones (excluding diaryl/α,β-unsaturated/α-hetero) is 1. The second-order valence-corrected chi connectivity index (χ2v) is 9.06. The van der Waals surface area contributed by atoms with E-state index in [9.17, 15) is 9.90 Å². The number of aliphatic hydroxyl groups is 1. The van der Waals surface area contributed by atoms with E-state index < -0.39 is 5.41 Å². The number of nitrogens with one attached hydrogen (secondary N) is 2. The Labute approximate surface area is 178 Å². The van der Waals surface area contributed by atoms with Crippen molar-refractivity contribution in [2.45, 2.75) is 71.3 Å². The normalized spacial score (nSPS) is 29.8. The number of aryl methyl sites for hydroxylation is 1. The third kappa shape index (κ3) is 3.75. The molecule has 1 aliphatic heterocycles. The van der Waals surface area contributed by atoms with Crippen LogP contribution in [0.4, 0.5) is 5.95 Å². The first-order valence-corrected chi connectivity index (χ1v) is 11.3. The molecule has 2 heterocycles. The van der Waals surface area contributed by atoms with E-state index in [-0.39, 0.29) is 17.6 Å². The maximum atomic E-state index is 12.8. The third-order valence-corrected chi connectivity index (χ3v) is 6.95. The second kappa shape index (κ2) is 8.46. The SMILES string of the molecule is Cc1cc(/C(O)=C2\CCC[C@@]3(CCCCC3=O)C2=N)nc(N2CCCNC[C@@H]2C)n1. The van der Waals surface area contributed by atoms with Gasteiger partial charge >= 0.3 is 0 Å². The van der Waals surface area contributed by atoms with Crippen LogP contribution in [-0.4, -0.2) is 52.2 Å². The Morgan fingerprint density at radius 3 is 2.83 bits per heavy atom. The van der Waals surface area contributed by atoms with Gasteiger partial charge in [0.1, 0.15) is 17.2 Å². The molecule has 7 heteroatoms. The fourth-order valence-corrected chi connectivity index (χ4v) is 5.23. The van der Waals surface area contributed by atoms with Crippen molar-refractivity contribution in [3.63, 3.8) is 0 Å². The van der Waals surface area contributed by atoms with Crippen molar-refractivity contribution < 1.29 is 9.90 Å². The fourth-order valence-electron chi connectivity index (χ4n) is 5.23. The maximum absolute atomic E-state index is 12.8. The second-order valence-electron chi connectivity index (χ2n) is 9.06. The van der Waals surface area contributed by atoms with Gasteiger partial charge < -0.3 is 20.7 Å². The van der Waals surface area contributed by atoms with Gasteiger partial charge in [0.05, 0.1) is 11.1 Å². The number of anilines is 1. The Kier molecular flexibility index (Phi) is 5.91. The lowest BCUT2D eigenvalue weighted by atomic mass is 9.62. The molecular formula is C23H33N5O2. The summed E-state index contributed by atoms with van der Waals surface area (Å²) < 4.78 is 0. The van der Waals surface area contributed by atoms with E-state index in [4.69, 9.17) is 10.4 Å². The van der Waals surface area contributed by atoms with Crippen molar-refractivity contribution in [1.82, 2.24) is 15.3 Å². The predicted molar refractivity (Wildman–Crippen MR) is 118 cm³/mol. The van der Waals surface area contributed by atoms with Crippen LogP contribution in [0.1, 0.15) is 69.7 Å². The number of carbonyl (C=O) groups is 1. The van der Waals surface area contributed by atoms with Gasteiger partial charge in [-0.25, -0.2) is 9.97 Å². The van der Waals surface area contributed by atoms with E-state index in [2.05, 4.69) is 22.1 Å². The van der Waals surface area contributed by atoms with Crippen molar-refractivity contribution in [2.75, 3.05) is 24.5 Å². The molecule has 162 valence electrons. The van der Waals surface area contributed by atoms with E-state index >= 15 is 0 Å². The summed E-state index contributed by atoms with van der Waals surface area (Å²) >= 11 is 0. The first-order valence-electron chi connectivity index (χ1n) is 11.3. The van der Waals surface area contributed by atoms with Gasteiger partial charge in [-0.1, -0.05) is 6.42 Å². The van der Waals surface area contributed by atoms with Crippen LogP contribution >= 0.6 is 0 Å². The molecule has 0 bridgehead atoms. The summed E-state index contributed by atoms with van der Waals surface area (Å²) in [6.45, 7) is 6.77. The van der Waals surface area contributed by atoms with Crippen LogP contribution in [0.25, 0.3) is 5.76 Å². The number of hydrogen-bond donors (Lipinski definition) is 3. The molecule has 3 aliphatic rings. The van der Waals surface area contributed by atoms with E-state index in [0.29, 0.717) is 35.8 Å². The number of nitrogens with zero attached hydrogens (tertiary/aromatic N) is 3. The van der Waals surface area contributed by atoms with Gasteiger partial charge in [-0.15, -0.1) is 0 Å². The van der Waals surface area contributed by atoms with Crippen LogP contribution in [0, 0.1) is 17.7 Å². The molecule has 30 heavy (non-hydrogen) atoms. The minimum atomic E-state index is -0.699. The van der Waals surface area contributed by atoms with E-state index in [0.717, 1.165) is 63.9 Å². The molecule has 4 rings (SSSR count). The molecule has 0 aromatic carbocycles. The summed E-state index contributed by atoms with van der Waals surface area (Å²) in [5, 5.41) is 23.5. The predicted octanol–water partition coefficient (Wildman–Crippen LogP) is 3.58. The molecule has 2 aliphatic carbocycles. The Bertz CT molecular complexity index is 876. The molecule has 1 saturated heterocycles. The molecule has 0 radical (unpaired) electrons. The molecule has 0 unspecified atom stereocenters. The molecule has 1 aromatic rings. The van der Waals surface area contributed by atoms with Crippen LogP contribution in [-0.2, 0) is 4.79 Å². The van der Waals surface area contributed by atoms with Crippen LogP contribution < -0.4 is 10.2 Å². The zero-order chi connectivity index (χ0) is 21.3. The molecule has 2 saturated carbocycles. The highest BCUT2D eigenvalue weighted by Gasteiger charge is 2.47. The number of ketones is 1. The Hall–Kier alpha value is -2.28. The van der Waals surface area contributed by atoms with Crippen molar-refractivity contribution in [1.29, 1.82) is 5.41 Å². The summed E-state index contributed by atoms with van der Waals surface area (Å²) in [5.41, 5.74) is 1.46. The number of aliphatic hydroxyl groups excluding tert-OH is 1. The summed E-state index contributed by atoms with van der Waals surface area (Å²) in [6.07, 6.45) is 6.34. The molecule has 2 atom stereocenters.